The zero-order chi connectivity index (χ0) is 44.6. The number of rotatable bonds is 21. The summed E-state index contributed by atoms with van der Waals surface area (Å²) in [6, 6.07) is 8.53. The highest BCUT2D eigenvalue weighted by atomic mass is 16.5. The van der Waals surface area contributed by atoms with Crippen LogP contribution < -0.4 is 31.9 Å². The molecule has 0 aromatic heterocycles. The number of benzene rings is 2. The molecule has 0 fully saturated rings. The molecular weight excluding hydrogens is 763 g/mol. The average Bonchev–Trinajstić information content (AvgIpc) is 3.15. The van der Waals surface area contributed by atoms with Gasteiger partial charge in [0.1, 0.15) is 30.8 Å². The molecule has 6 amide bonds. The summed E-state index contributed by atoms with van der Waals surface area (Å²) in [5.74, 6) is -7.57. The van der Waals surface area contributed by atoms with Crippen LogP contribution in [0.4, 0.5) is 4.79 Å². The number of hydrogen-bond acceptors (Lipinski definition) is 10. The molecule has 2 aromatic rings. The third-order valence-corrected chi connectivity index (χ3v) is 9.43. The first-order valence-corrected chi connectivity index (χ1v) is 19.7. The first-order chi connectivity index (χ1) is 27.5. The highest BCUT2D eigenvalue weighted by Crippen LogP contribution is 2.21. The Kier molecular flexibility index (Phi) is 19.5. The molecule has 6 atom stereocenters. The van der Waals surface area contributed by atoms with Crippen LogP contribution >= 0.6 is 0 Å². The van der Waals surface area contributed by atoms with Gasteiger partial charge in [-0.2, -0.15) is 0 Å². The summed E-state index contributed by atoms with van der Waals surface area (Å²) in [7, 11) is -1.82. The molecule has 0 aliphatic carbocycles. The fourth-order valence-corrected chi connectivity index (χ4v) is 5.97. The van der Waals surface area contributed by atoms with E-state index in [0.717, 1.165) is 5.56 Å². The van der Waals surface area contributed by atoms with Crippen molar-refractivity contribution < 1.29 is 53.5 Å². The van der Waals surface area contributed by atoms with Crippen molar-refractivity contribution >= 4 is 48.7 Å². The summed E-state index contributed by atoms with van der Waals surface area (Å²) >= 11 is 0. The van der Waals surface area contributed by atoms with Gasteiger partial charge in [-0.3, -0.25) is 29.3 Å². The largest absolute Gasteiger partial charge is 0.479 e. The van der Waals surface area contributed by atoms with Crippen molar-refractivity contribution in [2.45, 2.75) is 124 Å². The Morgan fingerprint density at radius 2 is 1.29 bits per heavy atom. The van der Waals surface area contributed by atoms with E-state index in [2.05, 4.69) is 26.6 Å². The van der Waals surface area contributed by atoms with E-state index in [4.69, 9.17) is 4.74 Å². The number of hydrogen-bond donors (Lipinski definition) is 9. The van der Waals surface area contributed by atoms with Crippen LogP contribution in [0.1, 0.15) is 84.9 Å². The molecule has 0 spiro atoms. The Bertz CT molecular complexity index is 1750. The number of nitrogens with one attached hydrogen (secondary N) is 6. The van der Waals surface area contributed by atoms with E-state index < -0.39 is 96.2 Å². The lowest BCUT2D eigenvalue weighted by molar-refractivity contribution is -0.145. The van der Waals surface area contributed by atoms with Crippen LogP contribution in [0.5, 0.6) is 0 Å². The van der Waals surface area contributed by atoms with Crippen LogP contribution in [-0.4, -0.2) is 100 Å². The summed E-state index contributed by atoms with van der Waals surface area (Å²) in [4.78, 5) is 93.3. The van der Waals surface area contributed by atoms with Gasteiger partial charge in [-0.25, -0.2) is 9.59 Å². The van der Waals surface area contributed by atoms with Gasteiger partial charge < -0.3 is 46.5 Å². The lowest BCUT2D eigenvalue weighted by atomic mass is 9.77. The number of aryl methyl sites for hydroxylation is 1. The second-order valence-electron chi connectivity index (χ2n) is 16.3. The number of carboxylic acids is 1. The highest BCUT2D eigenvalue weighted by molar-refractivity contribution is 6.43. The Hall–Kier alpha value is -5.49. The van der Waals surface area contributed by atoms with Gasteiger partial charge in [-0.15, -0.1) is 0 Å². The Morgan fingerprint density at radius 3 is 1.81 bits per heavy atom. The molecule has 2 rings (SSSR count). The van der Waals surface area contributed by atoms with E-state index in [9.17, 15) is 48.7 Å². The fraction of sp³-hybridized carbons (Fsp3) is 0.537. The number of carboxylic acid groups (broad SMARTS) is 1. The van der Waals surface area contributed by atoms with Gasteiger partial charge in [-0.05, 0) is 53.7 Å². The van der Waals surface area contributed by atoms with Crippen molar-refractivity contribution in [3.63, 3.8) is 0 Å². The van der Waals surface area contributed by atoms with E-state index in [1.165, 1.54) is 0 Å². The molecule has 17 nitrogen and oxygen atoms in total. The molecule has 324 valence electrons. The summed E-state index contributed by atoms with van der Waals surface area (Å²) < 4.78 is 5.07. The normalized spacial score (nSPS) is 14.4. The van der Waals surface area contributed by atoms with Crippen molar-refractivity contribution in [1.82, 2.24) is 31.9 Å². The lowest BCUT2D eigenvalue weighted by Gasteiger charge is -2.34. The second kappa shape index (κ2) is 23.2. The molecule has 0 heterocycles. The SMILES string of the molecule is CCC(NC(=O)[C@H](CC(C)C)NC(=O)[C@@H](NC(=O)[C@H](Cc1ccccc1C)NC(=O)[C@H](NC(=O)[C@@H](NC(=O)OCc1ccccc1)C(=O)O)C(C)C)C(C)(C)C)B(O)O. The topological polar surface area (TPSA) is 262 Å². The Balaban J connectivity index is 2.37. The van der Waals surface area contributed by atoms with Gasteiger partial charge in [0.25, 0.3) is 5.91 Å². The summed E-state index contributed by atoms with van der Waals surface area (Å²) in [5.41, 5.74) is 1.18. The third kappa shape index (κ3) is 16.4. The maximum atomic E-state index is 14.2. The van der Waals surface area contributed by atoms with Crippen LogP contribution in [0.2, 0.25) is 0 Å². The fourth-order valence-electron chi connectivity index (χ4n) is 5.97. The minimum Gasteiger partial charge on any atom is -0.479 e. The monoisotopic (exact) mass is 824 g/mol. The standard InChI is InChI=1S/C41H61BN6O11/c1-10-30(42(57)58)45-34(49)28(20-23(2)3)44-38(53)33(41(7,8)9)48-35(50)29(21-27-19-15-14-16-25(27)6)43-36(51)31(24(4)5)46-37(52)32(39(54)55)47-40(56)59-22-26-17-12-11-13-18-26/h11-19,23-24,28-33,57-58H,10,20-22H2,1-9H3,(H,43,51)(H,44,53)(H,45,49)(H,46,52)(H,47,56)(H,48,50)(H,54,55)/t28-,29-,30?,31+,32+,33+/m0/s1. The predicted octanol–water partition coefficient (Wildman–Crippen LogP) is 1.51. The van der Waals surface area contributed by atoms with E-state index in [1.807, 2.05) is 32.2 Å². The van der Waals surface area contributed by atoms with E-state index >= 15 is 0 Å². The van der Waals surface area contributed by atoms with Gasteiger partial charge in [0.2, 0.25) is 29.7 Å². The quantitative estimate of drug-likeness (QED) is 0.0644. The maximum absolute atomic E-state index is 14.2. The molecule has 1 unspecified atom stereocenters. The van der Waals surface area contributed by atoms with Crippen molar-refractivity contribution in [2.24, 2.45) is 17.3 Å². The molecule has 9 N–H and O–H groups in total. The molecule has 18 heteroatoms. The molecule has 0 saturated carbocycles. The average molecular weight is 825 g/mol. The minimum absolute atomic E-state index is 0.0473. The van der Waals surface area contributed by atoms with Crippen LogP contribution in [0.15, 0.2) is 54.6 Å². The van der Waals surface area contributed by atoms with Crippen molar-refractivity contribution in [3.05, 3.63) is 71.3 Å². The predicted molar refractivity (Wildman–Crippen MR) is 220 cm³/mol. The second-order valence-corrected chi connectivity index (χ2v) is 16.3. The molecule has 0 bridgehead atoms. The smallest absolute Gasteiger partial charge is 0.475 e. The molecule has 2 aromatic carbocycles. The number of alkyl carbamates (subject to hydrolysis) is 1. The molecule has 0 radical (unpaired) electrons. The van der Waals surface area contributed by atoms with E-state index in [0.29, 0.717) is 11.1 Å². The number of aliphatic carboxylic acids is 1. The summed E-state index contributed by atoms with van der Waals surface area (Å²) in [5, 5.41) is 44.3. The van der Waals surface area contributed by atoms with E-state index in [1.54, 1.807) is 90.1 Å². The number of ether oxygens (including phenoxy) is 1. The van der Waals surface area contributed by atoms with Gasteiger partial charge in [0, 0.05) is 6.42 Å². The molecular formula is C41H61BN6O11. The van der Waals surface area contributed by atoms with Crippen LogP contribution in [0.3, 0.4) is 0 Å². The highest BCUT2D eigenvalue weighted by Gasteiger charge is 2.39. The van der Waals surface area contributed by atoms with Gasteiger partial charge in [-0.1, -0.05) is 110 Å². The van der Waals surface area contributed by atoms with Gasteiger partial charge >= 0.3 is 19.2 Å². The first kappa shape index (κ1) is 49.7. The van der Waals surface area contributed by atoms with Crippen LogP contribution in [-0.2, 0) is 46.5 Å². The van der Waals surface area contributed by atoms with E-state index in [-0.39, 0.29) is 31.8 Å². The third-order valence-electron chi connectivity index (χ3n) is 9.43. The van der Waals surface area contributed by atoms with Crippen LogP contribution in [0.25, 0.3) is 0 Å². The minimum atomic E-state index is -2.13. The summed E-state index contributed by atoms with van der Waals surface area (Å²) in [6.07, 6.45) is -0.821. The Labute approximate surface area is 346 Å². The molecule has 0 saturated heterocycles. The van der Waals surface area contributed by atoms with Crippen molar-refractivity contribution in [3.8, 4) is 0 Å². The Morgan fingerprint density at radius 1 is 0.712 bits per heavy atom. The molecule has 59 heavy (non-hydrogen) atoms. The molecule has 0 aliphatic rings. The number of amides is 6. The van der Waals surface area contributed by atoms with Crippen molar-refractivity contribution in [1.29, 1.82) is 0 Å². The van der Waals surface area contributed by atoms with Gasteiger partial charge in [0.05, 0.1) is 5.94 Å². The molecule has 0 aliphatic heterocycles. The first-order valence-electron chi connectivity index (χ1n) is 19.7. The summed E-state index contributed by atoms with van der Waals surface area (Å²) in [6.45, 7) is 15.3. The van der Waals surface area contributed by atoms with Crippen molar-refractivity contribution in [2.75, 3.05) is 0 Å². The van der Waals surface area contributed by atoms with Gasteiger partial charge in [0.15, 0.2) is 0 Å². The maximum Gasteiger partial charge on any atom is 0.475 e. The zero-order valence-electron chi connectivity index (χ0n) is 35.3. The lowest BCUT2D eigenvalue weighted by Crippen LogP contribution is -2.63. The number of carbonyl (C=O) groups is 7. The van der Waals surface area contributed by atoms with Crippen LogP contribution in [0, 0.1) is 24.2 Å². The number of carbonyl (C=O) groups excluding carboxylic acids is 6. The zero-order valence-corrected chi connectivity index (χ0v) is 35.3.